The molecule has 1 aromatic carbocycles. The fourth-order valence-corrected chi connectivity index (χ4v) is 2.11. The van der Waals surface area contributed by atoms with Crippen LogP contribution in [0.4, 0.5) is 0 Å². The molecule has 0 saturated heterocycles. The van der Waals surface area contributed by atoms with Crippen molar-refractivity contribution in [3.8, 4) is 11.3 Å². The SMILES string of the molecule is Cc1oc(CNC(=O)CC(C)(C)C)nc1-c1ccccc1. The summed E-state index contributed by atoms with van der Waals surface area (Å²) >= 11 is 0. The van der Waals surface area contributed by atoms with Crippen LogP contribution in [0, 0.1) is 12.3 Å². The second-order valence-electron chi connectivity index (χ2n) is 6.39. The molecule has 0 aliphatic rings. The Morgan fingerprint density at radius 3 is 2.52 bits per heavy atom. The smallest absolute Gasteiger partial charge is 0.220 e. The predicted molar refractivity (Wildman–Crippen MR) is 82.6 cm³/mol. The van der Waals surface area contributed by atoms with Gasteiger partial charge in [-0.1, -0.05) is 51.1 Å². The number of carbonyl (C=O) groups is 1. The lowest BCUT2D eigenvalue weighted by Gasteiger charge is -2.16. The Bertz CT molecular complexity index is 609. The Labute approximate surface area is 125 Å². The van der Waals surface area contributed by atoms with E-state index in [9.17, 15) is 4.79 Å². The lowest BCUT2D eigenvalue weighted by molar-refractivity contribution is -0.123. The maximum absolute atomic E-state index is 11.8. The highest BCUT2D eigenvalue weighted by molar-refractivity contribution is 5.76. The molecule has 2 aromatic rings. The Hall–Kier alpha value is -2.10. The largest absolute Gasteiger partial charge is 0.443 e. The molecule has 1 heterocycles. The average Bonchev–Trinajstić information content (AvgIpc) is 2.77. The predicted octanol–water partition coefficient (Wildman–Crippen LogP) is 3.70. The molecule has 0 unspecified atom stereocenters. The van der Waals surface area contributed by atoms with Crippen LogP contribution in [0.25, 0.3) is 11.3 Å². The van der Waals surface area contributed by atoms with E-state index in [-0.39, 0.29) is 11.3 Å². The molecule has 0 fully saturated rings. The van der Waals surface area contributed by atoms with Crippen molar-refractivity contribution in [1.29, 1.82) is 0 Å². The van der Waals surface area contributed by atoms with Gasteiger partial charge in [0, 0.05) is 12.0 Å². The third-order valence-corrected chi connectivity index (χ3v) is 3.02. The molecule has 0 radical (unpaired) electrons. The number of aromatic nitrogens is 1. The third kappa shape index (κ3) is 4.45. The van der Waals surface area contributed by atoms with Gasteiger partial charge < -0.3 is 9.73 Å². The maximum Gasteiger partial charge on any atom is 0.220 e. The van der Waals surface area contributed by atoms with Crippen molar-refractivity contribution < 1.29 is 9.21 Å². The zero-order valence-corrected chi connectivity index (χ0v) is 13.1. The number of nitrogens with zero attached hydrogens (tertiary/aromatic N) is 1. The van der Waals surface area contributed by atoms with E-state index in [1.54, 1.807) is 0 Å². The zero-order valence-electron chi connectivity index (χ0n) is 13.1. The number of benzene rings is 1. The summed E-state index contributed by atoms with van der Waals surface area (Å²) in [7, 11) is 0. The minimum Gasteiger partial charge on any atom is -0.443 e. The zero-order chi connectivity index (χ0) is 15.5. The number of amides is 1. The first-order valence-corrected chi connectivity index (χ1v) is 7.13. The van der Waals surface area contributed by atoms with Crippen molar-refractivity contribution in [2.45, 2.75) is 40.7 Å². The molecule has 1 N–H and O–H groups in total. The molecule has 0 bridgehead atoms. The van der Waals surface area contributed by atoms with Crippen LogP contribution in [0.15, 0.2) is 34.7 Å². The Balaban J connectivity index is 2.02. The van der Waals surface area contributed by atoms with Crippen LogP contribution in [0.5, 0.6) is 0 Å². The summed E-state index contributed by atoms with van der Waals surface area (Å²) in [6.07, 6.45) is 0.484. The molecule has 0 spiro atoms. The van der Waals surface area contributed by atoms with Crippen LogP contribution in [0.3, 0.4) is 0 Å². The van der Waals surface area contributed by atoms with Gasteiger partial charge in [0.05, 0.1) is 6.54 Å². The summed E-state index contributed by atoms with van der Waals surface area (Å²) < 4.78 is 5.62. The van der Waals surface area contributed by atoms with Gasteiger partial charge in [-0.3, -0.25) is 4.79 Å². The van der Waals surface area contributed by atoms with Crippen LogP contribution in [-0.4, -0.2) is 10.9 Å². The molecular weight excluding hydrogens is 264 g/mol. The molecule has 1 amide bonds. The molecular formula is C17H22N2O2. The standard InChI is InChI=1S/C17H22N2O2/c1-12-16(13-8-6-5-7-9-13)19-15(21-12)11-18-14(20)10-17(2,3)4/h5-9H,10-11H2,1-4H3,(H,18,20). The highest BCUT2D eigenvalue weighted by atomic mass is 16.4. The van der Waals surface area contributed by atoms with Gasteiger partial charge in [0.25, 0.3) is 0 Å². The maximum atomic E-state index is 11.8. The van der Waals surface area contributed by atoms with Crippen LogP contribution in [-0.2, 0) is 11.3 Å². The summed E-state index contributed by atoms with van der Waals surface area (Å²) in [5.74, 6) is 1.31. The monoisotopic (exact) mass is 286 g/mol. The molecule has 4 heteroatoms. The lowest BCUT2D eigenvalue weighted by Crippen LogP contribution is -2.27. The summed E-state index contributed by atoms with van der Waals surface area (Å²) in [6.45, 7) is 8.32. The topological polar surface area (TPSA) is 55.1 Å². The molecule has 112 valence electrons. The van der Waals surface area contributed by atoms with Gasteiger partial charge in [-0.2, -0.15) is 0 Å². The van der Waals surface area contributed by atoms with Gasteiger partial charge in [-0.15, -0.1) is 0 Å². The first-order chi connectivity index (χ1) is 9.85. The lowest BCUT2D eigenvalue weighted by atomic mass is 9.92. The van der Waals surface area contributed by atoms with Crippen molar-refractivity contribution in [2.24, 2.45) is 5.41 Å². The molecule has 0 aliphatic heterocycles. The quantitative estimate of drug-likeness (QED) is 0.932. The number of hydrogen-bond donors (Lipinski definition) is 1. The number of aryl methyl sites for hydroxylation is 1. The minimum absolute atomic E-state index is 0.0135. The van der Waals surface area contributed by atoms with E-state index >= 15 is 0 Å². The van der Waals surface area contributed by atoms with Crippen molar-refractivity contribution >= 4 is 5.91 Å². The molecule has 1 aromatic heterocycles. The van der Waals surface area contributed by atoms with E-state index in [1.807, 2.05) is 58.0 Å². The van der Waals surface area contributed by atoms with E-state index in [0.29, 0.717) is 18.9 Å². The number of oxazole rings is 1. The fourth-order valence-electron chi connectivity index (χ4n) is 2.11. The summed E-state index contributed by atoms with van der Waals surface area (Å²) in [5, 5.41) is 2.85. The second kappa shape index (κ2) is 6.12. The van der Waals surface area contributed by atoms with Gasteiger partial charge in [-0.25, -0.2) is 4.98 Å². The van der Waals surface area contributed by atoms with Crippen molar-refractivity contribution in [3.05, 3.63) is 42.0 Å². The van der Waals surface area contributed by atoms with Crippen LogP contribution in [0.2, 0.25) is 0 Å². The van der Waals surface area contributed by atoms with Crippen LogP contribution >= 0.6 is 0 Å². The van der Waals surface area contributed by atoms with Gasteiger partial charge in [0.2, 0.25) is 11.8 Å². The Kier molecular flexibility index (Phi) is 4.46. The molecule has 4 nitrogen and oxygen atoms in total. The number of nitrogens with one attached hydrogen (secondary N) is 1. The van der Waals surface area contributed by atoms with Crippen LogP contribution in [0.1, 0.15) is 38.8 Å². The van der Waals surface area contributed by atoms with E-state index in [0.717, 1.165) is 17.0 Å². The number of rotatable bonds is 4. The molecule has 2 rings (SSSR count). The third-order valence-electron chi connectivity index (χ3n) is 3.02. The minimum atomic E-state index is -0.0220. The normalized spacial score (nSPS) is 11.4. The van der Waals surface area contributed by atoms with E-state index < -0.39 is 0 Å². The molecule has 0 aliphatic carbocycles. The number of hydrogen-bond acceptors (Lipinski definition) is 3. The van der Waals surface area contributed by atoms with Gasteiger partial charge >= 0.3 is 0 Å². The fraction of sp³-hybridized carbons (Fsp3) is 0.412. The van der Waals surface area contributed by atoms with E-state index in [1.165, 1.54) is 0 Å². The highest BCUT2D eigenvalue weighted by Gasteiger charge is 2.17. The Morgan fingerprint density at radius 2 is 1.90 bits per heavy atom. The summed E-state index contributed by atoms with van der Waals surface area (Å²) in [4.78, 5) is 16.3. The number of carbonyl (C=O) groups excluding carboxylic acids is 1. The van der Waals surface area contributed by atoms with Crippen LogP contribution < -0.4 is 5.32 Å². The van der Waals surface area contributed by atoms with Gasteiger partial charge in [0.15, 0.2) is 0 Å². The van der Waals surface area contributed by atoms with Crippen molar-refractivity contribution in [3.63, 3.8) is 0 Å². The Morgan fingerprint density at radius 1 is 1.24 bits per heavy atom. The molecule has 21 heavy (non-hydrogen) atoms. The molecule has 0 saturated carbocycles. The van der Waals surface area contributed by atoms with E-state index in [4.69, 9.17) is 4.42 Å². The second-order valence-corrected chi connectivity index (χ2v) is 6.39. The van der Waals surface area contributed by atoms with Gasteiger partial charge in [0.1, 0.15) is 11.5 Å². The van der Waals surface area contributed by atoms with Gasteiger partial charge in [-0.05, 0) is 12.3 Å². The highest BCUT2D eigenvalue weighted by Crippen LogP contribution is 2.23. The molecule has 0 atom stereocenters. The first-order valence-electron chi connectivity index (χ1n) is 7.13. The summed E-state index contributed by atoms with van der Waals surface area (Å²) in [6, 6.07) is 9.88. The van der Waals surface area contributed by atoms with E-state index in [2.05, 4.69) is 10.3 Å². The average molecular weight is 286 g/mol. The van der Waals surface area contributed by atoms with Crippen molar-refractivity contribution in [1.82, 2.24) is 10.3 Å². The summed E-state index contributed by atoms with van der Waals surface area (Å²) in [5.41, 5.74) is 1.83. The first kappa shape index (κ1) is 15.3. The van der Waals surface area contributed by atoms with Crippen molar-refractivity contribution in [2.75, 3.05) is 0 Å².